The Labute approximate surface area is 107 Å². The van der Waals surface area contributed by atoms with E-state index in [2.05, 4.69) is 10.3 Å². The van der Waals surface area contributed by atoms with Gasteiger partial charge in [-0.15, -0.1) is 0 Å². The minimum atomic E-state index is -0.400. The van der Waals surface area contributed by atoms with Crippen molar-refractivity contribution >= 4 is 11.7 Å². The van der Waals surface area contributed by atoms with Crippen molar-refractivity contribution in [2.24, 2.45) is 5.73 Å². The monoisotopic (exact) mass is 248 g/mol. The molecule has 1 amide bonds. The molecule has 0 bridgehead atoms. The van der Waals surface area contributed by atoms with E-state index in [1.54, 1.807) is 0 Å². The van der Waals surface area contributed by atoms with Crippen molar-refractivity contribution < 1.29 is 4.79 Å². The summed E-state index contributed by atoms with van der Waals surface area (Å²) in [5.41, 5.74) is 8.28. The average Bonchev–Trinajstić information content (AvgIpc) is 2.81. The van der Waals surface area contributed by atoms with Crippen LogP contribution in [0.15, 0.2) is 6.07 Å². The van der Waals surface area contributed by atoms with Crippen LogP contribution in [-0.4, -0.2) is 38.1 Å². The number of likely N-dealkylation sites (N-methyl/N-ethyl adjacent to an activating group) is 2. The first-order valence-electron chi connectivity index (χ1n) is 6.32. The summed E-state index contributed by atoms with van der Waals surface area (Å²) in [6, 6.07) is 1.92. The predicted molar refractivity (Wildman–Crippen MR) is 72.0 cm³/mol. The lowest BCUT2D eigenvalue weighted by atomic mass is 10.1. The highest BCUT2D eigenvalue weighted by atomic mass is 16.1. The molecule has 0 spiro atoms. The van der Waals surface area contributed by atoms with Crippen LogP contribution in [0.4, 0.5) is 5.82 Å². The molecule has 1 aliphatic carbocycles. The molecule has 5 nitrogen and oxygen atoms in total. The number of fused-ring (bicyclic) bond motifs is 1. The number of aryl methyl sites for hydroxylation is 2. The van der Waals surface area contributed by atoms with Crippen LogP contribution in [0.5, 0.6) is 0 Å². The second-order valence-electron chi connectivity index (χ2n) is 4.71. The van der Waals surface area contributed by atoms with E-state index in [0.29, 0.717) is 11.4 Å². The molecular weight excluding hydrogens is 228 g/mol. The molecule has 0 aliphatic heterocycles. The summed E-state index contributed by atoms with van der Waals surface area (Å²) < 4.78 is 0. The Balaban J connectivity index is 2.35. The predicted octanol–water partition coefficient (Wildman–Crippen LogP) is 0.325. The van der Waals surface area contributed by atoms with Gasteiger partial charge < -0.3 is 16.0 Å². The fourth-order valence-electron chi connectivity index (χ4n) is 2.32. The summed E-state index contributed by atoms with van der Waals surface area (Å²) in [5.74, 6) is 0.307. The summed E-state index contributed by atoms with van der Waals surface area (Å²) in [6.07, 6.45) is 3.12. The molecule has 0 radical (unpaired) electrons. The number of nitrogens with zero attached hydrogens (tertiary/aromatic N) is 2. The van der Waals surface area contributed by atoms with Gasteiger partial charge in [0.1, 0.15) is 5.82 Å². The Bertz CT molecular complexity index is 459. The van der Waals surface area contributed by atoms with Gasteiger partial charge in [-0.25, -0.2) is 4.98 Å². The number of hydrogen-bond donors (Lipinski definition) is 2. The zero-order chi connectivity index (χ0) is 13.1. The topological polar surface area (TPSA) is 71.2 Å². The average molecular weight is 248 g/mol. The highest BCUT2D eigenvalue weighted by Gasteiger charge is 2.20. The maximum atomic E-state index is 11.5. The highest BCUT2D eigenvalue weighted by Crippen LogP contribution is 2.26. The van der Waals surface area contributed by atoms with Crippen LogP contribution < -0.4 is 16.0 Å². The number of rotatable bonds is 5. The molecule has 0 fully saturated rings. The number of primary amides is 1. The van der Waals surface area contributed by atoms with Gasteiger partial charge in [0.05, 0.1) is 5.56 Å². The second-order valence-corrected chi connectivity index (χ2v) is 4.71. The fraction of sp³-hybridized carbons (Fsp3) is 0.538. The molecule has 1 aromatic heterocycles. The van der Waals surface area contributed by atoms with Gasteiger partial charge in [0, 0.05) is 25.8 Å². The highest BCUT2D eigenvalue weighted by molar-refractivity contribution is 5.98. The summed E-state index contributed by atoms with van der Waals surface area (Å²) in [4.78, 5) is 18.1. The van der Waals surface area contributed by atoms with Crippen LogP contribution in [-0.2, 0) is 12.8 Å². The number of amides is 1. The fourth-order valence-corrected chi connectivity index (χ4v) is 2.32. The number of aromatic nitrogens is 1. The Hall–Kier alpha value is -1.62. The summed E-state index contributed by atoms with van der Waals surface area (Å²) in [7, 11) is 3.84. The molecule has 5 heteroatoms. The first-order valence-corrected chi connectivity index (χ1v) is 6.32. The van der Waals surface area contributed by atoms with Crippen LogP contribution in [0.3, 0.4) is 0 Å². The molecule has 1 heterocycles. The van der Waals surface area contributed by atoms with Gasteiger partial charge in [-0.3, -0.25) is 4.79 Å². The summed E-state index contributed by atoms with van der Waals surface area (Å²) in [5, 5.41) is 3.08. The molecule has 0 unspecified atom stereocenters. The number of nitrogens with two attached hydrogens (primary N) is 1. The first kappa shape index (κ1) is 12.8. The lowest BCUT2D eigenvalue weighted by Gasteiger charge is -2.21. The second kappa shape index (κ2) is 5.35. The zero-order valence-corrected chi connectivity index (χ0v) is 11.0. The maximum absolute atomic E-state index is 11.5. The molecule has 18 heavy (non-hydrogen) atoms. The standard InChI is InChI=1S/C13H20N4O/c1-15-6-7-17(2)13-10(12(14)18)8-9-4-3-5-11(9)16-13/h8,15H,3-7H2,1-2H3,(H2,14,18). The third kappa shape index (κ3) is 2.46. The van der Waals surface area contributed by atoms with Crippen molar-refractivity contribution in [3.8, 4) is 0 Å². The largest absolute Gasteiger partial charge is 0.365 e. The van der Waals surface area contributed by atoms with Crippen LogP contribution >= 0.6 is 0 Å². The molecule has 98 valence electrons. The Morgan fingerprint density at radius 2 is 2.33 bits per heavy atom. The molecule has 0 saturated heterocycles. The van der Waals surface area contributed by atoms with Crippen molar-refractivity contribution in [2.75, 3.05) is 32.1 Å². The van der Waals surface area contributed by atoms with Crippen LogP contribution in [0.25, 0.3) is 0 Å². The number of carbonyl (C=O) groups excluding carboxylic acids is 1. The van der Waals surface area contributed by atoms with Gasteiger partial charge in [0.15, 0.2) is 0 Å². The number of anilines is 1. The number of pyridine rings is 1. The summed E-state index contributed by atoms with van der Waals surface area (Å²) >= 11 is 0. The molecule has 1 aromatic rings. The van der Waals surface area contributed by atoms with Crippen LogP contribution in [0, 0.1) is 0 Å². The van der Waals surface area contributed by atoms with Gasteiger partial charge >= 0.3 is 0 Å². The minimum absolute atomic E-state index is 0.400. The quantitative estimate of drug-likeness (QED) is 0.787. The van der Waals surface area contributed by atoms with E-state index in [4.69, 9.17) is 5.73 Å². The van der Waals surface area contributed by atoms with Gasteiger partial charge in [-0.05, 0) is 37.9 Å². The zero-order valence-electron chi connectivity index (χ0n) is 11.0. The maximum Gasteiger partial charge on any atom is 0.252 e. The number of carbonyl (C=O) groups is 1. The summed E-state index contributed by atoms with van der Waals surface area (Å²) in [6.45, 7) is 1.63. The number of nitrogens with one attached hydrogen (secondary N) is 1. The minimum Gasteiger partial charge on any atom is -0.365 e. The lowest BCUT2D eigenvalue weighted by molar-refractivity contribution is 0.100. The molecule has 0 saturated carbocycles. The molecule has 0 atom stereocenters. The van der Waals surface area contributed by atoms with Crippen molar-refractivity contribution in [2.45, 2.75) is 19.3 Å². The van der Waals surface area contributed by atoms with Gasteiger partial charge in [0.2, 0.25) is 0 Å². The third-order valence-electron chi connectivity index (χ3n) is 3.35. The van der Waals surface area contributed by atoms with Crippen LogP contribution in [0.1, 0.15) is 28.0 Å². The van der Waals surface area contributed by atoms with E-state index in [1.165, 1.54) is 5.56 Å². The SMILES string of the molecule is CNCCN(C)c1nc2c(cc1C(N)=O)CCC2. The van der Waals surface area contributed by atoms with Crippen molar-refractivity contribution in [1.29, 1.82) is 0 Å². The third-order valence-corrected chi connectivity index (χ3v) is 3.35. The van der Waals surface area contributed by atoms with Crippen molar-refractivity contribution in [3.63, 3.8) is 0 Å². The Kier molecular flexibility index (Phi) is 3.81. The lowest BCUT2D eigenvalue weighted by Crippen LogP contribution is -2.30. The van der Waals surface area contributed by atoms with E-state index in [-0.39, 0.29) is 0 Å². The number of hydrogen-bond acceptors (Lipinski definition) is 4. The van der Waals surface area contributed by atoms with Gasteiger partial charge in [-0.1, -0.05) is 0 Å². The Morgan fingerprint density at radius 3 is 3.00 bits per heavy atom. The normalized spacial score (nSPS) is 13.4. The van der Waals surface area contributed by atoms with E-state index < -0.39 is 5.91 Å². The Morgan fingerprint density at radius 1 is 1.56 bits per heavy atom. The molecule has 1 aliphatic rings. The van der Waals surface area contributed by atoms with Gasteiger partial charge in [-0.2, -0.15) is 0 Å². The van der Waals surface area contributed by atoms with E-state index in [9.17, 15) is 4.79 Å². The van der Waals surface area contributed by atoms with Crippen molar-refractivity contribution in [3.05, 3.63) is 22.9 Å². The molecule has 0 aromatic carbocycles. The van der Waals surface area contributed by atoms with E-state index in [1.807, 2.05) is 25.1 Å². The van der Waals surface area contributed by atoms with E-state index in [0.717, 1.165) is 38.0 Å². The van der Waals surface area contributed by atoms with E-state index >= 15 is 0 Å². The molecule has 3 N–H and O–H groups in total. The first-order chi connectivity index (χ1) is 8.63. The van der Waals surface area contributed by atoms with Crippen LogP contribution in [0.2, 0.25) is 0 Å². The van der Waals surface area contributed by atoms with Gasteiger partial charge in [0.25, 0.3) is 5.91 Å². The van der Waals surface area contributed by atoms with Crippen molar-refractivity contribution in [1.82, 2.24) is 10.3 Å². The molecule has 2 rings (SSSR count). The smallest absolute Gasteiger partial charge is 0.252 e. The molecular formula is C13H20N4O.